The fraction of sp³-hybridized carbons (Fsp3) is 0.429. The predicted molar refractivity (Wildman–Crippen MR) is 166 cm³/mol. The lowest BCUT2D eigenvalue weighted by atomic mass is 9.63. The van der Waals surface area contributed by atoms with Crippen molar-refractivity contribution in [3.63, 3.8) is 0 Å². The van der Waals surface area contributed by atoms with Crippen molar-refractivity contribution >= 4 is 27.5 Å². The Morgan fingerprint density at radius 1 is 0.951 bits per heavy atom. The Balaban J connectivity index is 1.67. The first-order valence-electron chi connectivity index (χ1n) is 14.3. The average molecular weight is 619 g/mol. The van der Waals surface area contributed by atoms with Gasteiger partial charge in [0.15, 0.2) is 23.1 Å². The van der Waals surface area contributed by atoms with Crippen LogP contribution in [0.3, 0.4) is 0 Å². The second-order valence-corrected chi connectivity index (χ2v) is 14.1. The van der Waals surface area contributed by atoms with Crippen LogP contribution >= 0.6 is 15.9 Å². The summed E-state index contributed by atoms with van der Waals surface area (Å²) >= 11 is 3.48. The maximum Gasteiger partial charge on any atom is 0.165 e. The van der Waals surface area contributed by atoms with Crippen LogP contribution in [0.25, 0.3) is 0 Å². The third-order valence-electron chi connectivity index (χ3n) is 8.55. The first kappa shape index (κ1) is 29.4. The summed E-state index contributed by atoms with van der Waals surface area (Å²) in [4.78, 5) is 30.0. The van der Waals surface area contributed by atoms with Gasteiger partial charge in [-0.05, 0) is 59.4 Å². The highest BCUT2D eigenvalue weighted by Gasteiger charge is 2.48. The van der Waals surface area contributed by atoms with Gasteiger partial charge in [-0.15, -0.1) is 6.58 Å². The summed E-state index contributed by atoms with van der Waals surface area (Å²) in [6.45, 7) is 13.0. The van der Waals surface area contributed by atoms with Crippen LogP contribution < -0.4 is 9.47 Å². The number of methoxy groups -OCH3 is 1. The van der Waals surface area contributed by atoms with Crippen molar-refractivity contribution < 1.29 is 19.1 Å². The highest BCUT2D eigenvalue weighted by molar-refractivity contribution is 9.10. The molecule has 0 saturated heterocycles. The topological polar surface area (TPSA) is 55.8 Å². The quantitative estimate of drug-likeness (QED) is 0.294. The molecule has 6 heteroatoms. The Morgan fingerprint density at radius 3 is 2.02 bits per heavy atom. The number of hydrogen-bond donors (Lipinski definition) is 0. The number of ketones is 2. The monoisotopic (exact) mass is 617 g/mol. The number of nitrogens with zero attached hydrogens (tertiary/aromatic N) is 1. The van der Waals surface area contributed by atoms with Crippen LogP contribution in [0.1, 0.15) is 76.0 Å². The molecule has 2 aliphatic carbocycles. The lowest BCUT2D eigenvalue weighted by molar-refractivity contribution is -0.119. The van der Waals surface area contributed by atoms with E-state index in [1.165, 1.54) is 0 Å². The van der Waals surface area contributed by atoms with Crippen LogP contribution in [0.15, 0.2) is 76.1 Å². The Bertz CT molecular complexity index is 1420. The zero-order valence-electron chi connectivity index (χ0n) is 25.0. The van der Waals surface area contributed by atoms with Gasteiger partial charge in [-0.25, -0.2) is 0 Å². The molecule has 5 nitrogen and oxygen atoms in total. The molecule has 2 aromatic carbocycles. The molecule has 1 heterocycles. The number of benzene rings is 2. The van der Waals surface area contributed by atoms with Crippen LogP contribution in [-0.4, -0.2) is 30.6 Å². The number of hydrogen-bond acceptors (Lipinski definition) is 5. The number of halogens is 1. The number of carbonyl (C=O) groups is 2. The van der Waals surface area contributed by atoms with Crippen molar-refractivity contribution in [3.8, 4) is 11.5 Å². The molecule has 216 valence electrons. The molecule has 5 rings (SSSR count). The predicted octanol–water partition coefficient (Wildman–Crippen LogP) is 8.08. The minimum absolute atomic E-state index is 0.122. The summed E-state index contributed by atoms with van der Waals surface area (Å²) in [5.74, 6) is 1.06. The highest BCUT2D eigenvalue weighted by atomic mass is 79.9. The van der Waals surface area contributed by atoms with E-state index >= 15 is 0 Å². The van der Waals surface area contributed by atoms with Crippen molar-refractivity contribution in [1.82, 2.24) is 4.90 Å². The largest absolute Gasteiger partial charge is 0.493 e. The maximum absolute atomic E-state index is 13.9. The van der Waals surface area contributed by atoms with Crippen molar-refractivity contribution in [2.45, 2.75) is 72.3 Å². The van der Waals surface area contributed by atoms with Gasteiger partial charge in [0.1, 0.15) is 6.61 Å². The molecule has 0 aromatic heterocycles. The van der Waals surface area contributed by atoms with E-state index in [4.69, 9.17) is 9.47 Å². The number of carbonyl (C=O) groups excluding carboxylic acids is 2. The molecule has 0 bridgehead atoms. The fourth-order valence-electron chi connectivity index (χ4n) is 6.71. The minimum atomic E-state index is -0.429. The first-order valence-corrected chi connectivity index (χ1v) is 15.1. The molecule has 0 fully saturated rings. The van der Waals surface area contributed by atoms with Gasteiger partial charge in [-0.3, -0.25) is 9.59 Å². The van der Waals surface area contributed by atoms with Crippen LogP contribution in [0.5, 0.6) is 11.5 Å². The van der Waals surface area contributed by atoms with E-state index in [0.717, 1.165) is 56.5 Å². The molecule has 3 aliphatic rings. The van der Waals surface area contributed by atoms with Crippen molar-refractivity contribution in [2.75, 3.05) is 14.2 Å². The molecule has 2 aromatic rings. The number of ether oxygens (including phenoxy) is 2. The Labute approximate surface area is 252 Å². The number of allylic oxidation sites excluding steroid dienone is 5. The Kier molecular flexibility index (Phi) is 7.84. The van der Waals surface area contributed by atoms with Gasteiger partial charge < -0.3 is 14.4 Å². The van der Waals surface area contributed by atoms with E-state index in [2.05, 4.69) is 61.2 Å². The van der Waals surface area contributed by atoms with E-state index < -0.39 is 5.92 Å². The zero-order valence-corrected chi connectivity index (χ0v) is 26.6. The highest BCUT2D eigenvalue weighted by Crippen LogP contribution is 2.54. The standard InChI is InChI=1S/C35H40BrNO4/c1-8-9-22-14-23(15-29(40-7)33(22)41-20-21-10-12-24(36)13-11-21)30-31-25(16-34(2,3)18-27(31)38)37(6)26-17-35(4,5)19-28(39)32(26)30/h8,10-15,30H,1,9,16-20H2,2-7H3. The van der Waals surface area contributed by atoms with Crippen LogP contribution in [0.4, 0.5) is 0 Å². The summed E-state index contributed by atoms with van der Waals surface area (Å²) in [7, 11) is 3.67. The maximum atomic E-state index is 13.9. The summed E-state index contributed by atoms with van der Waals surface area (Å²) in [6, 6.07) is 12.1. The molecule has 0 spiro atoms. The van der Waals surface area contributed by atoms with E-state index in [-0.39, 0.29) is 22.4 Å². The second kappa shape index (κ2) is 10.9. The molecule has 0 unspecified atom stereocenters. The van der Waals surface area contributed by atoms with Crippen molar-refractivity contribution in [3.05, 3.63) is 92.8 Å². The van der Waals surface area contributed by atoms with Gasteiger partial charge in [0.05, 0.1) is 7.11 Å². The summed E-state index contributed by atoms with van der Waals surface area (Å²) < 4.78 is 13.3. The van der Waals surface area contributed by atoms with Gasteiger partial charge in [-0.1, -0.05) is 67.9 Å². The Hall–Kier alpha value is -3.12. The normalized spacial score (nSPS) is 20.1. The fourth-order valence-corrected chi connectivity index (χ4v) is 6.97. The molecule has 0 atom stereocenters. The molecule has 0 radical (unpaired) electrons. The van der Waals surface area contributed by atoms with Crippen molar-refractivity contribution in [2.24, 2.45) is 10.8 Å². The third-order valence-corrected chi connectivity index (χ3v) is 9.08. The van der Waals surface area contributed by atoms with E-state index in [0.29, 0.717) is 37.4 Å². The lowest BCUT2D eigenvalue weighted by Crippen LogP contribution is -2.43. The van der Waals surface area contributed by atoms with Crippen molar-refractivity contribution in [1.29, 1.82) is 0 Å². The van der Waals surface area contributed by atoms with E-state index in [9.17, 15) is 9.59 Å². The van der Waals surface area contributed by atoms with Gasteiger partial charge in [0.25, 0.3) is 0 Å². The van der Waals surface area contributed by atoms with Gasteiger partial charge in [0, 0.05) is 58.4 Å². The van der Waals surface area contributed by atoms with Gasteiger partial charge in [-0.2, -0.15) is 0 Å². The molecule has 0 saturated carbocycles. The number of Topliss-reactive ketones (excluding diaryl/α,β-unsaturated/α-hetero) is 2. The Morgan fingerprint density at radius 2 is 1.51 bits per heavy atom. The summed E-state index contributed by atoms with van der Waals surface area (Å²) in [6.07, 6.45) is 4.91. The summed E-state index contributed by atoms with van der Waals surface area (Å²) in [5.41, 5.74) is 6.16. The molecular formula is C35H40BrNO4. The smallest absolute Gasteiger partial charge is 0.165 e. The second-order valence-electron chi connectivity index (χ2n) is 13.2. The molecule has 1 aliphatic heterocycles. The first-order chi connectivity index (χ1) is 19.3. The van der Waals surface area contributed by atoms with Gasteiger partial charge >= 0.3 is 0 Å². The van der Waals surface area contributed by atoms with E-state index in [1.54, 1.807) is 7.11 Å². The van der Waals surface area contributed by atoms with Crippen LogP contribution in [0, 0.1) is 10.8 Å². The average Bonchev–Trinajstić information content (AvgIpc) is 2.88. The van der Waals surface area contributed by atoms with Crippen LogP contribution in [-0.2, 0) is 22.6 Å². The van der Waals surface area contributed by atoms with Crippen LogP contribution in [0.2, 0.25) is 0 Å². The summed E-state index contributed by atoms with van der Waals surface area (Å²) in [5, 5.41) is 0. The third kappa shape index (κ3) is 5.68. The zero-order chi connectivity index (χ0) is 29.7. The molecule has 0 N–H and O–H groups in total. The van der Waals surface area contributed by atoms with Gasteiger partial charge in [0.2, 0.25) is 0 Å². The SMILES string of the molecule is C=CCc1cc(C2C3=C(CC(C)(C)CC3=O)N(C)C3=C2C(=O)CC(C)(C)C3)cc(OC)c1OCc1ccc(Br)cc1. The minimum Gasteiger partial charge on any atom is -0.493 e. The number of rotatable bonds is 7. The van der Waals surface area contributed by atoms with E-state index in [1.807, 2.05) is 43.5 Å². The molecular weight excluding hydrogens is 578 g/mol. The molecule has 0 amide bonds. The lowest BCUT2D eigenvalue weighted by Gasteiger charge is -2.48. The molecule has 41 heavy (non-hydrogen) atoms.